The molecule has 3 saturated carbocycles. The molecule has 0 aromatic carbocycles. The minimum absolute atomic E-state index is 0.0765. The molecule has 3 fully saturated rings. The third-order valence-electron chi connectivity index (χ3n) is 7.78. The molecule has 4 aliphatic carbocycles. The minimum atomic E-state index is -0.135. The number of carbonyl (C=O) groups excluding carboxylic acids is 1. The van der Waals surface area contributed by atoms with Crippen molar-refractivity contribution in [3.05, 3.63) is 11.6 Å². The van der Waals surface area contributed by atoms with E-state index in [0.717, 1.165) is 38.5 Å². The maximum Gasteiger partial charge on any atom is 0.152 e. The first-order valence-corrected chi connectivity index (χ1v) is 9.84. The summed E-state index contributed by atoms with van der Waals surface area (Å²) in [4.78, 5) is 12.7. The Balaban J connectivity index is 1.70. The summed E-state index contributed by atoms with van der Waals surface area (Å²) in [5.41, 5.74) is 1.69. The molecule has 7 atom stereocenters. The van der Waals surface area contributed by atoms with Gasteiger partial charge in [-0.2, -0.15) is 0 Å². The van der Waals surface area contributed by atoms with Gasteiger partial charge in [0.05, 0.1) is 10.9 Å². The molecule has 1 N–H and O–H groups in total. The molecule has 2 nitrogen and oxygen atoms in total. The monoisotopic (exact) mass is 366 g/mol. The van der Waals surface area contributed by atoms with Crippen LogP contribution in [0.2, 0.25) is 0 Å². The predicted octanol–water partition coefficient (Wildman–Crippen LogP) is 4.25. The smallest absolute Gasteiger partial charge is 0.152 e. The molecule has 0 unspecified atom stereocenters. The fourth-order valence-corrected chi connectivity index (χ4v) is 7.32. The van der Waals surface area contributed by atoms with E-state index < -0.39 is 0 Å². The van der Waals surface area contributed by atoms with E-state index in [-0.39, 0.29) is 21.8 Å². The molecule has 0 amide bonds. The maximum absolute atomic E-state index is 12.6. The van der Waals surface area contributed by atoms with Crippen LogP contribution in [0.4, 0.5) is 0 Å². The Kier molecular flexibility index (Phi) is 3.44. The summed E-state index contributed by atoms with van der Waals surface area (Å²) in [6.07, 6.45) is 9.63. The van der Waals surface area contributed by atoms with Crippen molar-refractivity contribution in [1.29, 1.82) is 0 Å². The first-order chi connectivity index (χ1) is 10.4. The van der Waals surface area contributed by atoms with Crippen LogP contribution in [-0.2, 0) is 4.79 Å². The zero-order valence-corrected chi connectivity index (χ0v) is 15.2. The first kappa shape index (κ1) is 15.4. The Bertz CT molecular complexity index is 542. The molecule has 0 bridgehead atoms. The van der Waals surface area contributed by atoms with Gasteiger partial charge in [0.2, 0.25) is 0 Å². The number of aliphatic hydroxyl groups excluding tert-OH is 1. The highest BCUT2D eigenvalue weighted by atomic mass is 79.9. The van der Waals surface area contributed by atoms with Crippen molar-refractivity contribution in [2.24, 2.45) is 28.6 Å². The molecule has 0 aromatic rings. The lowest BCUT2D eigenvalue weighted by atomic mass is 9.48. The summed E-state index contributed by atoms with van der Waals surface area (Å²) in [6, 6.07) is 0. The van der Waals surface area contributed by atoms with Gasteiger partial charge in [0, 0.05) is 5.41 Å². The Labute approximate surface area is 141 Å². The lowest BCUT2D eigenvalue weighted by Gasteiger charge is -2.56. The second kappa shape index (κ2) is 4.92. The average Bonchev–Trinajstić information content (AvgIpc) is 2.72. The molecule has 4 rings (SSSR count). The quantitative estimate of drug-likeness (QED) is 0.513. The van der Waals surface area contributed by atoms with Gasteiger partial charge in [0.15, 0.2) is 5.78 Å². The summed E-state index contributed by atoms with van der Waals surface area (Å²) >= 11 is 3.64. The van der Waals surface area contributed by atoms with Gasteiger partial charge in [-0.1, -0.05) is 41.4 Å². The van der Waals surface area contributed by atoms with Gasteiger partial charge in [0.25, 0.3) is 0 Å². The van der Waals surface area contributed by atoms with Crippen LogP contribution in [-0.4, -0.2) is 21.8 Å². The summed E-state index contributed by atoms with van der Waals surface area (Å²) in [5, 5.41) is 10.0. The summed E-state index contributed by atoms with van der Waals surface area (Å²) in [7, 11) is 0. The SMILES string of the molecule is C[C@]12CC[C@H](O)CC1=CC[C@H]1[C@@H]2CC[C@]2(C)C(=O)[C@H](Br)C[C@@H]12. The van der Waals surface area contributed by atoms with Gasteiger partial charge in [-0.25, -0.2) is 0 Å². The molecule has 122 valence electrons. The van der Waals surface area contributed by atoms with Gasteiger partial charge in [-0.3, -0.25) is 4.79 Å². The molecule has 3 heteroatoms. The first-order valence-electron chi connectivity index (χ1n) is 8.92. The molecular weight excluding hydrogens is 340 g/mol. The largest absolute Gasteiger partial charge is 0.393 e. The second-order valence-electron chi connectivity index (χ2n) is 8.68. The van der Waals surface area contributed by atoms with E-state index in [4.69, 9.17) is 0 Å². The number of carbonyl (C=O) groups is 1. The molecule has 0 aromatic heterocycles. The van der Waals surface area contributed by atoms with E-state index in [0.29, 0.717) is 23.5 Å². The van der Waals surface area contributed by atoms with Crippen LogP contribution in [0, 0.1) is 28.6 Å². The van der Waals surface area contributed by atoms with Gasteiger partial charge >= 0.3 is 0 Å². The number of alkyl halides is 1. The van der Waals surface area contributed by atoms with Crippen molar-refractivity contribution in [3.8, 4) is 0 Å². The fraction of sp³-hybridized carbons (Fsp3) is 0.842. The maximum atomic E-state index is 12.6. The number of ketones is 1. The third kappa shape index (κ3) is 1.90. The van der Waals surface area contributed by atoms with Crippen molar-refractivity contribution in [2.75, 3.05) is 0 Å². The minimum Gasteiger partial charge on any atom is -0.393 e. The van der Waals surface area contributed by atoms with E-state index >= 15 is 0 Å². The van der Waals surface area contributed by atoms with Crippen molar-refractivity contribution < 1.29 is 9.90 Å². The highest BCUT2D eigenvalue weighted by Crippen LogP contribution is 2.64. The molecular formula is C19H27BrO2. The number of Topliss-reactive ketones (excluding diaryl/α,β-unsaturated/α-hetero) is 1. The third-order valence-corrected chi connectivity index (χ3v) is 8.57. The standard InChI is InChI=1S/C19H27BrO2/c1-18-7-5-12(21)9-11(18)3-4-13-14(18)6-8-19(2)15(13)10-16(20)17(19)22/h3,12-16,21H,4-10H2,1-2H3/t12-,13-,14-,15-,16+,18-,19-/m0/s1. The number of rotatable bonds is 0. The van der Waals surface area contributed by atoms with Crippen LogP contribution >= 0.6 is 15.9 Å². The zero-order valence-electron chi connectivity index (χ0n) is 13.6. The van der Waals surface area contributed by atoms with Gasteiger partial charge in [-0.15, -0.1) is 0 Å². The lowest BCUT2D eigenvalue weighted by Crippen LogP contribution is -2.50. The Hall–Kier alpha value is -0.150. The lowest BCUT2D eigenvalue weighted by molar-refractivity contribution is -0.131. The number of halogens is 1. The number of allylic oxidation sites excluding steroid dienone is 1. The van der Waals surface area contributed by atoms with Gasteiger partial charge in [0.1, 0.15) is 0 Å². The molecule has 0 saturated heterocycles. The predicted molar refractivity (Wildman–Crippen MR) is 90.8 cm³/mol. The highest BCUT2D eigenvalue weighted by Gasteiger charge is 2.60. The second-order valence-corrected chi connectivity index (χ2v) is 9.78. The topological polar surface area (TPSA) is 37.3 Å². The van der Waals surface area contributed by atoms with Crippen LogP contribution in [0.25, 0.3) is 0 Å². The molecule has 0 heterocycles. The molecule has 0 radical (unpaired) electrons. The molecule has 4 aliphatic rings. The number of hydrogen-bond donors (Lipinski definition) is 1. The summed E-state index contributed by atoms with van der Waals surface area (Å²) in [6.45, 7) is 4.66. The van der Waals surface area contributed by atoms with Crippen LogP contribution in [0.5, 0.6) is 0 Å². The summed E-state index contributed by atoms with van der Waals surface area (Å²) in [5.74, 6) is 2.37. The normalized spacial score (nSPS) is 54.3. The van der Waals surface area contributed by atoms with Crippen LogP contribution < -0.4 is 0 Å². The van der Waals surface area contributed by atoms with E-state index in [1.807, 2.05) is 0 Å². The van der Waals surface area contributed by atoms with Crippen LogP contribution in [0.1, 0.15) is 58.8 Å². The summed E-state index contributed by atoms with van der Waals surface area (Å²) < 4.78 is 0. The Morgan fingerprint density at radius 2 is 1.91 bits per heavy atom. The van der Waals surface area contributed by atoms with E-state index in [1.165, 1.54) is 12.0 Å². The van der Waals surface area contributed by atoms with Crippen molar-refractivity contribution in [2.45, 2.75) is 69.7 Å². The molecule has 0 aliphatic heterocycles. The molecule has 0 spiro atoms. The van der Waals surface area contributed by atoms with Gasteiger partial charge < -0.3 is 5.11 Å². The van der Waals surface area contributed by atoms with E-state index in [9.17, 15) is 9.90 Å². The van der Waals surface area contributed by atoms with Crippen molar-refractivity contribution in [1.82, 2.24) is 0 Å². The number of hydrogen-bond acceptors (Lipinski definition) is 2. The van der Waals surface area contributed by atoms with Gasteiger partial charge in [-0.05, 0) is 68.1 Å². The van der Waals surface area contributed by atoms with Crippen LogP contribution in [0.3, 0.4) is 0 Å². The van der Waals surface area contributed by atoms with Crippen LogP contribution in [0.15, 0.2) is 11.6 Å². The average molecular weight is 367 g/mol. The highest BCUT2D eigenvalue weighted by molar-refractivity contribution is 9.10. The Morgan fingerprint density at radius 1 is 1.18 bits per heavy atom. The van der Waals surface area contributed by atoms with Crippen molar-refractivity contribution >= 4 is 21.7 Å². The van der Waals surface area contributed by atoms with E-state index in [2.05, 4.69) is 35.9 Å². The zero-order chi connectivity index (χ0) is 15.7. The molecule has 22 heavy (non-hydrogen) atoms. The Morgan fingerprint density at radius 3 is 2.68 bits per heavy atom. The number of aliphatic hydroxyl groups is 1. The van der Waals surface area contributed by atoms with Crippen molar-refractivity contribution in [3.63, 3.8) is 0 Å². The van der Waals surface area contributed by atoms with E-state index in [1.54, 1.807) is 0 Å². The number of fused-ring (bicyclic) bond motifs is 5. The fourth-order valence-electron chi connectivity index (χ4n) is 6.39.